The van der Waals surface area contributed by atoms with Crippen LogP contribution in [0.25, 0.3) is 21.7 Å². The molecule has 1 aromatic carbocycles. The van der Waals surface area contributed by atoms with Crippen molar-refractivity contribution < 1.29 is 0 Å². The van der Waals surface area contributed by atoms with E-state index in [0.29, 0.717) is 5.56 Å². The number of nitriles is 1. The number of pyridine rings is 1. The first kappa shape index (κ1) is 14.8. The van der Waals surface area contributed by atoms with E-state index in [1.54, 1.807) is 11.3 Å². The summed E-state index contributed by atoms with van der Waals surface area (Å²) in [4.78, 5) is 5.38. The molecule has 3 rings (SSSR count). The van der Waals surface area contributed by atoms with E-state index < -0.39 is 0 Å². The average Bonchev–Trinajstić information content (AvgIpc) is 2.93. The van der Waals surface area contributed by atoms with Crippen LogP contribution in [0.4, 0.5) is 5.82 Å². The van der Waals surface area contributed by atoms with E-state index in [9.17, 15) is 5.26 Å². The molecule has 0 bridgehead atoms. The van der Waals surface area contributed by atoms with Crippen molar-refractivity contribution in [3.05, 3.63) is 57.4 Å². The highest BCUT2D eigenvalue weighted by Gasteiger charge is 2.14. The minimum atomic E-state index is 0.264. The van der Waals surface area contributed by atoms with Gasteiger partial charge in [0.15, 0.2) is 0 Å². The predicted octanol–water partition coefficient (Wildman–Crippen LogP) is 5.00. The van der Waals surface area contributed by atoms with E-state index in [-0.39, 0.29) is 5.82 Å². The summed E-state index contributed by atoms with van der Waals surface area (Å²) >= 11 is 5.01. The lowest BCUT2D eigenvalue weighted by atomic mass is 10.0. The van der Waals surface area contributed by atoms with Crippen molar-refractivity contribution in [2.45, 2.75) is 6.92 Å². The normalized spacial score (nSPS) is 10.4. The van der Waals surface area contributed by atoms with Gasteiger partial charge in [-0.1, -0.05) is 29.8 Å². The van der Waals surface area contributed by atoms with Crippen LogP contribution in [-0.4, -0.2) is 4.98 Å². The number of nitrogens with zero attached hydrogens (tertiary/aromatic N) is 2. The van der Waals surface area contributed by atoms with Crippen LogP contribution in [0.2, 0.25) is 0 Å². The molecular weight excluding hydrogens is 358 g/mol. The predicted molar refractivity (Wildman–Crippen MR) is 94.6 cm³/mol. The number of aryl methyl sites for hydroxylation is 1. The lowest BCUT2D eigenvalue weighted by Gasteiger charge is -2.09. The lowest BCUT2D eigenvalue weighted by molar-refractivity contribution is 1.31. The highest BCUT2D eigenvalue weighted by Crippen LogP contribution is 2.36. The molecule has 22 heavy (non-hydrogen) atoms. The number of anilines is 1. The fourth-order valence-corrected chi connectivity index (χ4v) is 3.65. The quantitative estimate of drug-likeness (QED) is 0.690. The molecule has 0 saturated carbocycles. The monoisotopic (exact) mass is 369 g/mol. The molecule has 0 aliphatic rings. The molecule has 0 aliphatic heterocycles. The molecule has 0 unspecified atom stereocenters. The second kappa shape index (κ2) is 5.91. The van der Waals surface area contributed by atoms with Crippen molar-refractivity contribution in [1.82, 2.24) is 4.98 Å². The second-order valence-electron chi connectivity index (χ2n) is 4.92. The van der Waals surface area contributed by atoms with Crippen LogP contribution in [0.5, 0.6) is 0 Å². The first-order valence-electron chi connectivity index (χ1n) is 6.60. The fraction of sp³-hybridized carbons (Fsp3) is 0.0588. The summed E-state index contributed by atoms with van der Waals surface area (Å²) in [6.45, 7) is 2.04. The highest BCUT2D eigenvalue weighted by atomic mass is 79.9. The summed E-state index contributed by atoms with van der Waals surface area (Å²) < 4.78 is 0.989. The van der Waals surface area contributed by atoms with Crippen LogP contribution in [0, 0.1) is 18.3 Å². The Bertz CT molecular complexity index is 876. The molecule has 2 aromatic heterocycles. The van der Waals surface area contributed by atoms with Crippen molar-refractivity contribution in [2.24, 2.45) is 0 Å². The number of hydrogen-bond acceptors (Lipinski definition) is 4. The number of thiophene rings is 1. The third-order valence-corrected chi connectivity index (χ3v) is 5.06. The average molecular weight is 370 g/mol. The molecule has 5 heteroatoms. The number of benzene rings is 1. The Hall–Kier alpha value is -2.16. The summed E-state index contributed by atoms with van der Waals surface area (Å²) in [6, 6.07) is 14.2. The third-order valence-electron chi connectivity index (χ3n) is 3.34. The van der Waals surface area contributed by atoms with Crippen molar-refractivity contribution in [3.63, 3.8) is 0 Å². The summed E-state index contributed by atoms with van der Waals surface area (Å²) in [7, 11) is 0. The van der Waals surface area contributed by atoms with Gasteiger partial charge in [-0.3, -0.25) is 0 Å². The number of nitrogens with two attached hydrogens (primary N) is 1. The van der Waals surface area contributed by atoms with Crippen LogP contribution in [0.1, 0.15) is 11.1 Å². The Morgan fingerprint density at radius 1 is 1.23 bits per heavy atom. The summed E-state index contributed by atoms with van der Waals surface area (Å²) in [5, 5.41) is 11.4. The zero-order valence-corrected chi connectivity index (χ0v) is 14.2. The molecule has 3 nitrogen and oxygen atoms in total. The largest absolute Gasteiger partial charge is 0.383 e. The summed E-state index contributed by atoms with van der Waals surface area (Å²) in [5.74, 6) is 0.264. The van der Waals surface area contributed by atoms with Crippen molar-refractivity contribution in [2.75, 3.05) is 5.73 Å². The molecule has 0 saturated heterocycles. The van der Waals surface area contributed by atoms with Gasteiger partial charge in [-0.15, -0.1) is 11.3 Å². The maximum Gasteiger partial charge on any atom is 0.142 e. The first-order valence-corrected chi connectivity index (χ1v) is 8.28. The Morgan fingerprint density at radius 2 is 1.95 bits per heavy atom. The molecule has 0 atom stereocenters. The molecule has 0 aliphatic carbocycles. The Kier molecular flexibility index (Phi) is 3.97. The Morgan fingerprint density at radius 3 is 2.55 bits per heavy atom. The van der Waals surface area contributed by atoms with Crippen LogP contribution in [0.3, 0.4) is 0 Å². The van der Waals surface area contributed by atoms with Crippen LogP contribution >= 0.6 is 27.3 Å². The molecule has 108 valence electrons. The van der Waals surface area contributed by atoms with Crippen LogP contribution in [-0.2, 0) is 0 Å². The molecule has 0 spiro atoms. The van der Waals surface area contributed by atoms with E-state index in [0.717, 1.165) is 26.2 Å². The van der Waals surface area contributed by atoms with E-state index in [4.69, 9.17) is 5.73 Å². The molecule has 0 radical (unpaired) electrons. The van der Waals surface area contributed by atoms with E-state index in [1.165, 1.54) is 5.56 Å². The van der Waals surface area contributed by atoms with Crippen molar-refractivity contribution >= 4 is 33.1 Å². The van der Waals surface area contributed by atoms with Gasteiger partial charge in [-0.25, -0.2) is 4.98 Å². The van der Waals surface area contributed by atoms with Gasteiger partial charge >= 0.3 is 0 Å². The van der Waals surface area contributed by atoms with Gasteiger partial charge in [0.25, 0.3) is 0 Å². The SMILES string of the molecule is Cc1ccc(-c2cc(-c3cc(Br)cs3)c(C#N)c(N)n2)cc1. The minimum absolute atomic E-state index is 0.264. The number of hydrogen-bond donors (Lipinski definition) is 1. The molecule has 0 amide bonds. The fourth-order valence-electron chi connectivity index (χ4n) is 2.20. The van der Waals surface area contributed by atoms with Crippen LogP contribution in [0.15, 0.2) is 46.3 Å². The topological polar surface area (TPSA) is 62.7 Å². The zero-order valence-electron chi connectivity index (χ0n) is 11.8. The minimum Gasteiger partial charge on any atom is -0.383 e. The molecule has 3 aromatic rings. The van der Waals surface area contributed by atoms with Gasteiger partial charge in [-0.05, 0) is 35.0 Å². The first-order chi connectivity index (χ1) is 10.6. The van der Waals surface area contributed by atoms with Gasteiger partial charge in [0, 0.05) is 25.9 Å². The molecule has 0 fully saturated rings. The highest BCUT2D eigenvalue weighted by molar-refractivity contribution is 9.10. The maximum atomic E-state index is 9.39. The van der Waals surface area contributed by atoms with Crippen molar-refractivity contribution in [1.29, 1.82) is 5.26 Å². The smallest absolute Gasteiger partial charge is 0.142 e. The number of halogens is 1. The van der Waals surface area contributed by atoms with Gasteiger partial charge in [-0.2, -0.15) is 5.26 Å². The molecular formula is C17H12BrN3S. The zero-order chi connectivity index (χ0) is 15.7. The van der Waals surface area contributed by atoms with E-state index >= 15 is 0 Å². The molecule has 2 N–H and O–H groups in total. The van der Waals surface area contributed by atoms with Gasteiger partial charge in [0.2, 0.25) is 0 Å². The number of aromatic nitrogens is 1. The van der Waals surface area contributed by atoms with Gasteiger partial charge in [0.1, 0.15) is 17.5 Å². The second-order valence-corrected chi connectivity index (χ2v) is 6.75. The van der Waals surface area contributed by atoms with E-state index in [2.05, 4.69) is 27.0 Å². The maximum absolute atomic E-state index is 9.39. The molecule has 2 heterocycles. The number of nitrogen functional groups attached to an aromatic ring is 1. The van der Waals surface area contributed by atoms with Crippen molar-refractivity contribution in [3.8, 4) is 27.8 Å². The van der Waals surface area contributed by atoms with Gasteiger partial charge < -0.3 is 5.73 Å². The third kappa shape index (κ3) is 2.76. The standard InChI is InChI=1S/C17H12BrN3S/c1-10-2-4-11(5-3-10)15-7-13(14(8-19)17(20)21-15)16-6-12(18)9-22-16/h2-7,9H,1H3,(H2,20,21). The van der Waals surface area contributed by atoms with Gasteiger partial charge in [0.05, 0.1) is 5.69 Å². The summed E-state index contributed by atoms with van der Waals surface area (Å²) in [5.41, 5.74) is 10.2. The summed E-state index contributed by atoms with van der Waals surface area (Å²) in [6.07, 6.45) is 0. The van der Waals surface area contributed by atoms with Crippen LogP contribution < -0.4 is 5.73 Å². The number of rotatable bonds is 2. The Balaban J connectivity index is 2.20. The van der Waals surface area contributed by atoms with E-state index in [1.807, 2.05) is 48.7 Å². The Labute approximate surface area is 141 Å². The lowest BCUT2D eigenvalue weighted by Crippen LogP contribution is -1.99.